The van der Waals surface area contributed by atoms with Crippen LogP contribution in [0.1, 0.15) is 20.3 Å². The first kappa shape index (κ1) is 15.0. The lowest BCUT2D eigenvalue weighted by Gasteiger charge is -2.23. The van der Waals surface area contributed by atoms with Crippen LogP contribution in [-0.2, 0) is 4.79 Å². The summed E-state index contributed by atoms with van der Waals surface area (Å²) in [7, 11) is 0. The molecule has 1 rings (SSSR count). The highest BCUT2D eigenvalue weighted by Crippen LogP contribution is 2.23. The van der Waals surface area contributed by atoms with Gasteiger partial charge >= 0.3 is 0 Å². The molecule has 0 radical (unpaired) electrons. The van der Waals surface area contributed by atoms with E-state index in [0.717, 1.165) is 4.47 Å². The smallest absolute Gasteiger partial charge is 0.223 e. The molecule has 18 heavy (non-hydrogen) atoms. The van der Waals surface area contributed by atoms with E-state index < -0.39 is 5.54 Å². The molecule has 0 aliphatic rings. The number of aliphatic hydroxyl groups excluding tert-OH is 1. The van der Waals surface area contributed by atoms with Crippen molar-refractivity contribution in [1.29, 1.82) is 0 Å². The van der Waals surface area contributed by atoms with E-state index in [1.807, 2.05) is 24.3 Å². The van der Waals surface area contributed by atoms with Crippen molar-refractivity contribution in [3.8, 4) is 5.75 Å². The van der Waals surface area contributed by atoms with Gasteiger partial charge in [-0.1, -0.05) is 12.1 Å². The van der Waals surface area contributed by atoms with E-state index in [-0.39, 0.29) is 18.9 Å². The number of nitrogens with one attached hydrogen (secondary N) is 1. The summed E-state index contributed by atoms with van der Waals surface area (Å²) in [6.07, 6.45) is 0.255. The third-order valence-corrected chi connectivity index (χ3v) is 2.95. The SMILES string of the molecule is CC(C)(CO)NC(=O)CCOc1ccccc1Br. The summed E-state index contributed by atoms with van der Waals surface area (Å²) < 4.78 is 6.35. The summed E-state index contributed by atoms with van der Waals surface area (Å²) in [6, 6.07) is 7.48. The average molecular weight is 316 g/mol. The second kappa shape index (κ2) is 6.75. The fourth-order valence-corrected chi connectivity index (χ4v) is 1.69. The van der Waals surface area contributed by atoms with E-state index >= 15 is 0 Å². The Hall–Kier alpha value is -1.07. The summed E-state index contributed by atoms with van der Waals surface area (Å²) >= 11 is 3.36. The Balaban J connectivity index is 2.34. The molecule has 0 saturated carbocycles. The number of carbonyl (C=O) groups excluding carboxylic acids is 1. The molecule has 4 nitrogen and oxygen atoms in total. The van der Waals surface area contributed by atoms with Crippen molar-refractivity contribution >= 4 is 21.8 Å². The average Bonchev–Trinajstić information content (AvgIpc) is 2.31. The molecule has 1 aromatic rings. The Morgan fingerprint density at radius 3 is 2.72 bits per heavy atom. The van der Waals surface area contributed by atoms with Crippen molar-refractivity contribution in [3.63, 3.8) is 0 Å². The van der Waals surface area contributed by atoms with Gasteiger partial charge in [0, 0.05) is 0 Å². The van der Waals surface area contributed by atoms with Gasteiger partial charge in [-0.15, -0.1) is 0 Å². The zero-order valence-electron chi connectivity index (χ0n) is 10.6. The molecule has 0 unspecified atom stereocenters. The van der Waals surface area contributed by atoms with Crippen molar-refractivity contribution in [2.24, 2.45) is 0 Å². The first-order valence-corrected chi connectivity index (χ1v) is 6.53. The van der Waals surface area contributed by atoms with Crippen LogP contribution in [0.5, 0.6) is 5.75 Å². The largest absolute Gasteiger partial charge is 0.492 e. The summed E-state index contributed by atoms with van der Waals surface area (Å²) in [4.78, 5) is 11.6. The maximum absolute atomic E-state index is 11.6. The van der Waals surface area contributed by atoms with Gasteiger partial charge in [-0.05, 0) is 41.9 Å². The fourth-order valence-electron chi connectivity index (χ4n) is 1.29. The molecule has 0 saturated heterocycles. The van der Waals surface area contributed by atoms with Crippen molar-refractivity contribution in [1.82, 2.24) is 5.32 Å². The van der Waals surface area contributed by atoms with Crippen LogP contribution in [0.4, 0.5) is 0 Å². The van der Waals surface area contributed by atoms with Crippen molar-refractivity contribution in [2.45, 2.75) is 25.8 Å². The predicted octanol–water partition coefficient (Wildman–Crippen LogP) is 2.11. The van der Waals surface area contributed by atoms with Crippen LogP contribution in [0.2, 0.25) is 0 Å². The number of benzene rings is 1. The van der Waals surface area contributed by atoms with Crippen molar-refractivity contribution < 1.29 is 14.6 Å². The third kappa shape index (κ3) is 5.06. The Morgan fingerprint density at radius 2 is 2.11 bits per heavy atom. The minimum Gasteiger partial charge on any atom is -0.492 e. The number of hydrogen-bond donors (Lipinski definition) is 2. The molecule has 1 aromatic carbocycles. The van der Waals surface area contributed by atoms with E-state index in [1.165, 1.54) is 0 Å². The molecule has 0 aliphatic heterocycles. The van der Waals surface area contributed by atoms with Crippen LogP contribution in [0.3, 0.4) is 0 Å². The highest BCUT2D eigenvalue weighted by atomic mass is 79.9. The number of amides is 1. The molecule has 0 bridgehead atoms. The van der Waals surface area contributed by atoms with Crippen LogP contribution in [0, 0.1) is 0 Å². The number of para-hydroxylation sites is 1. The zero-order chi connectivity index (χ0) is 13.6. The normalized spacial score (nSPS) is 11.1. The van der Waals surface area contributed by atoms with Gasteiger partial charge < -0.3 is 15.2 Å². The van der Waals surface area contributed by atoms with Gasteiger partial charge in [-0.3, -0.25) is 4.79 Å². The van der Waals surface area contributed by atoms with Gasteiger partial charge in [0.2, 0.25) is 5.91 Å². The Kier molecular flexibility index (Phi) is 5.62. The molecule has 0 aromatic heterocycles. The van der Waals surface area contributed by atoms with Gasteiger partial charge in [0.1, 0.15) is 5.75 Å². The first-order valence-electron chi connectivity index (χ1n) is 5.74. The van der Waals surface area contributed by atoms with Crippen LogP contribution in [-0.4, -0.2) is 29.8 Å². The highest BCUT2D eigenvalue weighted by molar-refractivity contribution is 9.10. The minimum atomic E-state index is -0.593. The Bertz CT molecular complexity index is 407. The second-order valence-electron chi connectivity index (χ2n) is 4.62. The van der Waals surface area contributed by atoms with E-state index in [2.05, 4.69) is 21.2 Å². The van der Waals surface area contributed by atoms with E-state index in [1.54, 1.807) is 13.8 Å². The van der Waals surface area contributed by atoms with Gasteiger partial charge in [-0.25, -0.2) is 0 Å². The van der Waals surface area contributed by atoms with E-state index in [0.29, 0.717) is 12.4 Å². The fraction of sp³-hybridized carbons (Fsp3) is 0.462. The molecule has 0 fully saturated rings. The van der Waals surface area contributed by atoms with E-state index in [9.17, 15) is 4.79 Å². The third-order valence-electron chi connectivity index (χ3n) is 2.30. The Morgan fingerprint density at radius 1 is 1.44 bits per heavy atom. The number of halogens is 1. The maximum atomic E-state index is 11.6. The summed E-state index contributed by atoms with van der Waals surface area (Å²) in [6.45, 7) is 3.73. The van der Waals surface area contributed by atoms with Gasteiger partial charge in [0.05, 0.1) is 29.6 Å². The molecule has 0 spiro atoms. The lowest BCUT2D eigenvalue weighted by molar-refractivity contribution is -0.123. The first-order chi connectivity index (χ1) is 8.44. The predicted molar refractivity (Wildman–Crippen MR) is 73.6 cm³/mol. The lowest BCUT2D eigenvalue weighted by Crippen LogP contribution is -2.46. The molecular weight excluding hydrogens is 298 g/mol. The van der Waals surface area contributed by atoms with E-state index in [4.69, 9.17) is 9.84 Å². The molecule has 0 heterocycles. The van der Waals surface area contributed by atoms with Crippen LogP contribution in [0.15, 0.2) is 28.7 Å². The molecule has 5 heteroatoms. The molecule has 1 amide bonds. The summed E-state index contributed by atoms with van der Waals surface area (Å²) in [5.74, 6) is 0.577. The quantitative estimate of drug-likeness (QED) is 0.845. The van der Waals surface area contributed by atoms with Crippen molar-refractivity contribution in [3.05, 3.63) is 28.7 Å². The molecular formula is C13H18BrNO3. The summed E-state index contributed by atoms with van der Waals surface area (Å²) in [5.41, 5.74) is -0.593. The summed E-state index contributed by atoms with van der Waals surface area (Å²) in [5, 5.41) is 11.8. The van der Waals surface area contributed by atoms with Crippen molar-refractivity contribution in [2.75, 3.05) is 13.2 Å². The molecule has 0 aliphatic carbocycles. The topological polar surface area (TPSA) is 58.6 Å². The number of rotatable bonds is 6. The van der Waals surface area contributed by atoms with Crippen LogP contribution >= 0.6 is 15.9 Å². The highest BCUT2D eigenvalue weighted by Gasteiger charge is 2.18. The standard InChI is InChI=1S/C13H18BrNO3/c1-13(2,9-16)15-12(17)7-8-18-11-6-4-3-5-10(11)14/h3-6,16H,7-9H2,1-2H3,(H,15,17). The van der Waals surface area contributed by atoms with Crippen LogP contribution in [0.25, 0.3) is 0 Å². The second-order valence-corrected chi connectivity index (χ2v) is 5.47. The number of aliphatic hydroxyl groups is 1. The maximum Gasteiger partial charge on any atom is 0.223 e. The monoisotopic (exact) mass is 315 g/mol. The van der Waals surface area contributed by atoms with Gasteiger partial charge in [-0.2, -0.15) is 0 Å². The number of hydrogen-bond acceptors (Lipinski definition) is 3. The molecule has 0 atom stereocenters. The van der Waals surface area contributed by atoms with Gasteiger partial charge in [0.25, 0.3) is 0 Å². The lowest BCUT2D eigenvalue weighted by atomic mass is 10.1. The zero-order valence-corrected chi connectivity index (χ0v) is 12.2. The molecule has 100 valence electrons. The number of carbonyl (C=O) groups is 1. The Labute approximate surface area is 115 Å². The van der Waals surface area contributed by atoms with Crippen LogP contribution < -0.4 is 10.1 Å². The van der Waals surface area contributed by atoms with Gasteiger partial charge in [0.15, 0.2) is 0 Å². The number of ether oxygens (including phenoxy) is 1. The minimum absolute atomic E-state index is 0.0934. The molecule has 2 N–H and O–H groups in total.